The van der Waals surface area contributed by atoms with Crippen molar-refractivity contribution in [2.24, 2.45) is 0 Å². The number of halogens is 2. The molecule has 0 atom stereocenters. The predicted molar refractivity (Wildman–Crippen MR) is 122 cm³/mol. The van der Waals surface area contributed by atoms with E-state index in [9.17, 15) is 4.79 Å². The Morgan fingerprint density at radius 3 is 2.55 bits per heavy atom. The smallest absolute Gasteiger partial charge is 0.235 e. The monoisotopic (exact) mass is 432 g/mol. The lowest BCUT2D eigenvalue weighted by molar-refractivity contribution is -0.119. The van der Waals surface area contributed by atoms with Crippen molar-refractivity contribution in [2.75, 3.05) is 18.4 Å². The van der Waals surface area contributed by atoms with Crippen LogP contribution in [0.2, 0.25) is 0 Å². The van der Waals surface area contributed by atoms with Crippen molar-refractivity contribution in [1.29, 1.82) is 0 Å². The van der Waals surface area contributed by atoms with Gasteiger partial charge in [0, 0.05) is 40.5 Å². The van der Waals surface area contributed by atoms with Crippen LogP contribution in [0.15, 0.2) is 42.7 Å². The van der Waals surface area contributed by atoms with E-state index in [1.54, 1.807) is 6.20 Å². The number of hydrogen-bond donors (Lipinski definition) is 2. The van der Waals surface area contributed by atoms with Crippen molar-refractivity contribution in [3.63, 3.8) is 0 Å². The highest BCUT2D eigenvalue weighted by molar-refractivity contribution is 6.08. The van der Waals surface area contributed by atoms with Gasteiger partial charge >= 0.3 is 0 Å². The largest absolute Gasteiger partial charge is 0.344 e. The molecule has 2 aromatic heterocycles. The number of nitrogens with one attached hydrogen (secondary N) is 2. The average Bonchev–Trinajstić information content (AvgIpc) is 3.18. The quantitative estimate of drug-likeness (QED) is 0.616. The molecule has 1 fully saturated rings. The van der Waals surface area contributed by atoms with Crippen LogP contribution in [0.25, 0.3) is 22.0 Å². The molecule has 0 unspecified atom stereocenters. The topological polar surface area (TPSA) is 59.0 Å². The third-order valence-electron chi connectivity index (χ3n) is 6.11. The van der Waals surface area contributed by atoms with E-state index < -0.39 is 5.41 Å². The molecule has 29 heavy (non-hydrogen) atoms. The summed E-state index contributed by atoms with van der Waals surface area (Å²) in [5.74, 6) is 0.709. The highest BCUT2D eigenvalue weighted by Crippen LogP contribution is 2.45. The van der Waals surface area contributed by atoms with E-state index >= 15 is 0 Å². The van der Waals surface area contributed by atoms with Crippen LogP contribution in [0, 0.1) is 0 Å². The molecule has 4 heterocycles. The van der Waals surface area contributed by atoms with Crippen molar-refractivity contribution < 1.29 is 4.79 Å². The highest BCUT2D eigenvalue weighted by atomic mass is 35.5. The number of pyridine rings is 1. The van der Waals surface area contributed by atoms with Gasteiger partial charge in [0.2, 0.25) is 5.91 Å². The SMILES string of the molecule is CC1(C)C(=O)Nc2nccc(-c3cn(C4CCNCC4)c4ccccc34)c21.Cl.Cl. The van der Waals surface area contributed by atoms with E-state index in [2.05, 4.69) is 56.7 Å². The van der Waals surface area contributed by atoms with Crippen molar-refractivity contribution in [3.05, 3.63) is 48.3 Å². The van der Waals surface area contributed by atoms with Crippen molar-refractivity contribution >= 4 is 47.4 Å². The van der Waals surface area contributed by atoms with Crippen LogP contribution in [0.1, 0.15) is 38.3 Å². The summed E-state index contributed by atoms with van der Waals surface area (Å²) in [7, 11) is 0. The van der Waals surface area contributed by atoms with E-state index in [4.69, 9.17) is 0 Å². The third-order valence-corrected chi connectivity index (χ3v) is 6.11. The summed E-state index contributed by atoms with van der Waals surface area (Å²) in [6.45, 7) is 6.07. The Balaban J connectivity index is 0.00000120. The molecule has 2 aliphatic heterocycles. The summed E-state index contributed by atoms with van der Waals surface area (Å²) < 4.78 is 2.44. The second kappa shape index (κ2) is 7.98. The summed E-state index contributed by atoms with van der Waals surface area (Å²) in [4.78, 5) is 16.9. The van der Waals surface area contributed by atoms with Gasteiger partial charge in [0.05, 0.1) is 5.41 Å². The van der Waals surface area contributed by atoms with Crippen molar-refractivity contribution in [1.82, 2.24) is 14.9 Å². The predicted octanol–water partition coefficient (Wildman–Crippen LogP) is 4.70. The number of carbonyl (C=O) groups excluding carboxylic acids is 1. The first-order chi connectivity index (χ1) is 13.1. The molecule has 0 radical (unpaired) electrons. The molecule has 0 bridgehead atoms. The molecule has 1 aromatic carbocycles. The van der Waals surface area contributed by atoms with Gasteiger partial charge in [-0.2, -0.15) is 0 Å². The van der Waals surface area contributed by atoms with Crippen LogP contribution >= 0.6 is 24.8 Å². The summed E-state index contributed by atoms with van der Waals surface area (Å²) >= 11 is 0. The lowest BCUT2D eigenvalue weighted by atomic mass is 9.82. The zero-order valence-electron chi connectivity index (χ0n) is 16.6. The van der Waals surface area contributed by atoms with Gasteiger partial charge in [-0.1, -0.05) is 18.2 Å². The van der Waals surface area contributed by atoms with Gasteiger partial charge in [-0.05, 0) is 57.5 Å². The Morgan fingerprint density at radius 2 is 1.79 bits per heavy atom. The summed E-state index contributed by atoms with van der Waals surface area (Å²) in [5.41, 5.74) is 3.97. The number of benzene rings is 1. The second-order valence-electron chi connectivity index (χ2n) is 8.11. The number of amides is 1. The van der Waals surface area contributed by atoms with Crippen LogP contribution in [0.5, 0.6) is 0 Å². The van der Waals surface area contributed by atoms with Crippen LogP contribution in [-0.2, 0) is 10.2 Å². The molecule has 2 aliphatic rings. The first kappa shape index (κ1) is 21.6. The van der Waals surface area contributed by atoms with Crippen LogP contribution in [0.3, 0.4) is 0 Å². The molecule has 3 aromatic rings. The van der Waals surface area contributed by atoms with Gasteiger partial charge in [-0.3, -0.25) is 4.79 Å². The minimum atomic E-state index is -0.586. The number of para-hydroxylation sites is 1. The molecule has 1 amide bonds. The zero-order chi connectivity index (χ0) is 18.6. The molecule has 2 N–H and O–H groups in total. The minimum Gasteiger partial charge on any atom is -0.344 e. The minimum absolute atomic E-state index is 0. The van der Waals surface area contributed by atoms with E-state index in [1.807, 2.05) is 13.8 Å². The maximum absolute atomic E-state index is 12.5. The molecule has 154 valence electrons. The highest BCUT2D eigenvalue weighted by Gasteiger charge is 2.41. The molecule has 5 nitrogen and oxygen atoms in total. The van der Waals surface area contributed by atoms with Gasteiger partial charge in [0.25, 0.3) is 0 Å². The van der Waals surface area contributed by atoms with Crippen LogP contribution in [0.4, 0.5) is 5.82 Å². The van der Waals surface area contributed by atoms with Gasteiger partial charge in [0.1, 0.15) is 5.82 Å². The van der Waals surface area contributed by atoms with E-state index in [0.29, 0.717) is 11.9 Å². The fourth-order valence-electron chi connectivity index (χ4n) is 4.60. The van der Waals surface area contributed by atoms with Gasteiger partial charge in [-0.25, -0.2) is 4.98 Å². The normalized spacial score (nSPS) is 17.9. The Hall–Kier alpha value is -2.08. The van der Waals surface area contributed by atoms with Crippen LogP contribution in [-0.4, -0.2) is 28.5 Å². The number of nitrogens with zero attached hydrogens (tertiary/aromatic N) is 2. The van der Waals surface area contributed by atoms with E-state index in [-0.39, 0.29) is 30.7 Å². The molecule has 0 saturated carbocycles. The first-order valence-electron chi connectivity index (χ1n) is 9.69. The maximum Gasteiger partial charge on any atom is 0.235 e. The van der Waals surface area contributed by atoms with Gasteiger partial charge in [0.15, 0.2) is 0 Å². The van der Waals surface area contributed by atoms with E-state index in [1.165, 1.54) is 16.5 Å². The van der Waals surface area contributed by atoms with Crippen molar-refractivity contribution in [2.45, 2.75) is 38.1 Å². The number of fused-ring (bicyclic) bond motifs is 2. The number of rotatable bonds is 2. The van der Waals surface area contributed by atoms with Crippen molar-refractivity contribution in [3.8, 4) is 11.1 Å². The standard InChI is InChI=1S/C22H24N4O.2ClH/c1-22(2)19-16(9-12-24-20(19)25-21(22)27)17-13-26(14-7-10-23-11-8-14)18-6-4-3-5-15(17)18;;/h3-6,9,12-14,23H,7-8,10-11H2,1-2H3,(H,24,25,27);2*1H. The van der Waals surface area contributed by atoms with Crippen LogP contribution < -0.4 is 10.6 Å². The zero-order valence-corrected chi connectivity index (χ0v) is 18.2. The Labute approximate surface area is 183 Å². The summed E-state index contributed by atoms with van der Waals surface area (Å²) in [6, 6.07) is 11.1. The number of carbonyl (C=O) groups is 1. The molecule has 1 saturated heterocycles. The number of hydrogen-bond acceptors (Lipinski definition) is 3. The molecular formula is C22H26Cl2N4O. The number of anilines is 1. The first-order valence-corrected chi connectivity index (χ1v) is 9.69. The Kier molecular flexibility index (Phi) is 5.95. The Morgan fingerprint density at radius 1 is 1.07 bits per heavy atom. The number of piperidine rings is 1. The molecule has 0 spiro atoms. The maximum atomic E-state index is 12.5. The Bertz CT molecular complexity index is 1050. The van der Waals surface area contributed by atoms with E-state index in [0.717, 1.165) is 37.1 Å². The van der Waals surface area contributed by atoms with Gasteiger partial charge < -0.3 is 15.2 Å². The molecular weight excluding hydrogens is 407 g/mol. The fraction of sp³-hybridized carbons (Fsp3) is 0.364. The summed E-state index contributed by atoms with van der Waals surface area (Å²) in [6.07, 6.45) is 6.36. The number of aromatic nitrogens is 2. The van der Waals surface area contributed by atoms with Gasteiger partial charge in [-0.15, -0.1) is 24.8 Å². The fourth-order valence-corrected chi connectivity index (χ4v) is 4.60. The third kappa shape index (κ3) is 3.31. The second-order valence-corrected chi connectivity index (χ2v) is 8.11. The average molecular weight is 433 g/mol. The summed E-state index contributed by atoms with van der Waals surface area (Å²) in [5, 5.41) is 7.64. The lowest BCUT2D eigenvalue weighted by Crippen LogP contribution is -2.29. The lowest BCUT2D eigenvalue weighted by Gasteiger charge is -2.25. The molecule has 7 heteroatoms. The molecule has 5 rings (SSSR count). The molecule has 0 aliphatic carbocycles.